The average Bonchev–Trinajstić information content (AvgIpc) is 3.32. The molecule has 186 valence electrons. The highest BCUT2D eigenvalue weighted by molar-refractivity contribution is 8.00. The van der Waals surface area contributed by atoms with E-state index in [1.54, 1.807) is 11.5 Å². The summed E-state index contributed by atoms with van der Waals surface area (Å²) in [6.07, 6.45) is 11.1. The number of amides is 3. The van der Waals surface area contributed by atoms with Crippen LogP contribution in [0.25, 0.3) is 10.9 Å². The van der Waals surface area contributed by atoms with E-state index in [1.165, 1.54) is 31.0 Å². The lowest BCUT2D eigenvalue weighted by molar-refractivity contribution is -0.119. The molecule has 2 N–H and O–H groups in total. The van der Waals surface area contributed by atoms with Crippen molar-refractivity contribution in [3.63, 3.8) is 0 Å². The Kier molecular flexibility index (Phi) is 5.90. The van der Waals surface area contributed by atoms with Crippen LogP contribution >= 0.6 is 11.8 Å². The number of benzene rings is 1. The molecule has 1 heterocycles. The van der Waals surface area contributed by atoms with Crippen molar-refractivity contribution in [3.8, 4) is 0 Å². The van der Waals surface area contributed by atoms with E-state index in [4.69, 9.17) is 4.98 Å². The third-order valence-electron chi connectivity index (χ3n) is 8.77. The molecule has 7 nitrogen and oxygen atoms in total. The fraction of sp³-hybridized carbons (Fsp3) is 0.630. The molecule has 1 atom stereocenters. The van der Waals surface area contributed by atoms with Crippen molar-refractivity contribution in [1.29, 1.82) is 0 Å². The van der Waals surface area contributed by atoms with Gasteiger partial charge in [-0.1, -0.05) is 36.7 Å². The number of imide groups is 1. The average molecular weight is 495 g/mol. The molecule has 1 unspecified atom stereocenters. The predicted molar refractivity (Wildman–Crippen MR) is 136 cm³/mol. The second-order valence-corrected chi connectivity index (χ2v) is 12.7. The van der Waals surface area contributed by atoms with Gasteiger partial charge in [0.2, 0.25) is 5.91 Å². The molecular formula is C27H34N4O3S. The maximum absolute atomic E-state index is 13.4. The zero-order valence-corrected chi connectivity index (χ0v) is 21.1. The summed E-state index contributed by atoms with van der Waals surface area (Å²) in [5.41, 5.74) is 0.455. The summed E-state index contributed by atoms with van der Waals surface area (Å²) in [6, 6.07) is 7.10. The Labute approximate surface area is 209 Å². The lowest BCUT2D eigenvalue weighted by Crippen LogP contribution is -2.62. The molecule has 0 aliphatic heterocycles. The van der Waals surface area contributed by atoms with Gasteiger partial charge in [-0.3, -0.25) is 19.5 Å². The summed E-state index contributed by atoms with van der Waals surface area (Å²) >= 11 is 1.27. The molecule has 0 spiro atoms. The van der Waals surface area contributed by atoms with Crippen LogP contribution in [0.4, 0.5) is 4.79 Å². The number of hydrogen-bond donors (Lipinski definition) is 2. The van der Waals surface area contributed by atoms with Crippen molar-refractivity contribution < 1.29 is 9.59 Å². The number of rotatable bonds is 5. The number of hydrogen-bond acceptors (Lipinski definition) is 5. The third-order valence-corrected chi connectivity index (χ3v) is 9.84. The lowest BCUT2D eigenvalue weighted by atomic mass is 9.53. The van der Waals surface area contributed by atoms with Crippen molar-refractivity contribution in [2.75, 3.05) is 0 Å². The van der Waals surface area contributed by atoms with Crippen LogP contribution in [-0.2, 0) is 4.79 Å². The molecule has 0 radical (unpaired) electrons. The summed E-state index contributed by atoms with van der Waals surface area (Å²) in [5.74, 6) is 1.81. The molecule has 3 amide bonds. The number of aromatic nitrogens is 2. The molecule has 8 heteroatoms. The number of thioether (sulfide) groups is 1. The highest BCUT2D eigenvalue weighted by atomic mass is 32.2. The molecule has 5 saturated carbocycles. The van der Waals surface area contributed by atoms with Gasteiger partial charge in [0.15, 0.2) is 5.16 Å². The summed E-state index contributed by atoms with van der Waals surface area (Å²) in [7, 11) is 0. The van der Waals surface area contributed by atoms with Gasteiger partial charge in [0.05, 0.1) is 16.2 Å². The van der Waals surface area contributed by atoms with Crippen molar-refractivity contribution in [3.05, 3.63) is 34.6 Å². The van der Waals surface area contributed by atoms with E-state index in [2.05, 4.69) is 10.6 Å². The van der Waals surface area contributed by atoms with Crippen LogP contribution < -0.4 is 16.2 Å². The van der Waals surface area contributed by atoms with Gasteiger partial charge in [-0.2, -0.15) is 0 Å². The molecule has 2 aromatic rings. The first kappa shape index (κ1) is 23.1. The Morgan fingerprint density at radius 2 is 1.69 bits per heavy atom. The second-order valence-electron chi connectivity index (χ2n) is 11.4. The second kappa shape index (κ2) is 8.95. The molecule has 7 rings (SSSR count). The van der Waals surface area contributed by atoms with Gasteiger partial charge in [0.25, 0.3) is 5.56 Å². The monoisotopic (exact) mass is 494 g/mol. The maximum Gasteiger partial charge on any atom is 0.321 e. The highest BCUT2D eigenvalue weighted by Crippen LogP contribution is 2.55. The lowest BCUT2D eigenvalue weighted by Gasteiger charge is -2.56. The Balaban J connectivity index is 1.17. The first-order chi connectivity index (χ1) is 16.9. The number of nitrogens with one attached hydrogen (secondary N) is 2. The van der Waals surface area contributed by atoms with Gasteiger partial charge >= 0.3 is 6.03 Å². The number of carbonyl (C=O) groups excluding carboxylic acids is 2. The predicted octanol–water partition coefficient (Wildman–Crippen LogP) is 4.79. The van der Waals surface area contributed by atoms with Gasteiger partial charge in [0, 0.05) is 11.6 Å². The fourth-order valence-corrected chi connectivity index (χ4v) is 8.63. The number of para-hydroxylation sites is 1. The summed E-state index contributed by atoms with van der Waals surface area (Å²) in [6.45, 7) is 1.78. The molecule has 1 aromatic carbocycles. The van der Waals surface area contributed by atoms with Crippen molar-refractivity contribution in [2.24, 2.45) is 17.8 Å². The van der Waals surface area contributed by atoms with E-state index in [-0.39, 0.29) is 29.1 Å². The summed E-state index contributed by atoms with van der Waals surface area (Å²) in [5, 5.41) is 6.41. The van der Waals surface area contributed by atoms with E-state index in [0.29, 0.717) is 16.1 Å². The van der Waals surface area contributed by atoms with Crippen LogP contribution in [-0.4, -0.2) is 32.3 Å². The Morgan fingerprint density at radius 3 is 2.34 bits per heavy atom. The SMILES string of the molecule is CC(Sc1nc2ccccc2c(=O)n1C1CCCC1)C(=O)NC(=O)NC12CC3CC(CC(C3)C1)C2. The Bertz CT molecular complexity index is 1180. The van der Waals surface area contributed by atoms with Gasteiger partial charge in [0.1, 0.15) is 0 Å². The zero-order valence-electron chi connectivity index (χ0n) is 20.3. The molecule has 35 heavy (non-hydrogen) atoms. The minimum absolute atomic E-state index is 0.0443. The van der Waals surface area contributed by atoms with Gasteiger partial charge in [-0.05, 0) is 88.2 Å². The van der Waals surface area contributed by atoms with Crippen molar-refractivity contribution in [1.82, 2.24) is 20.2 Å². The highest BCUT2D eigenvalue weighted by Gasteiger charge is 2.51. The molecule has 5 aliphatic carbocycles. The molecular weight excluding hydrogens is 460 g/mol. The van der Waals surface area contributed by atoms with Crippen molar-refractivity contribution >= 4 is 34.6 Å². The first-order valence-electron chi connectivity index (χ1n) is 13.2. The third kappa shape index (κ3) is 4.39. The fourth-order valence-electron chi connectivity index (χ4n) is 7.65. The standard InChI is InChI=1S/C27H34N4O3S/c1-16(23(32)29-25(34)30-27-13-17-10-18(14-27)12-19(11-17)15-27)35-26-28-22-9-5-4-8-21(22)24(33)31(26)20-6-2-3-7-20/h4-5,8-9,16-20H,2-3,6-7,10-15H2,1H3,(H2,29,30,32,34). The topological polar surface area (TPSA) is 93.1 Å². The van der Waals surface area contributed by atoms with Crippen LogP contribution in [0.3, 0.4) is 0 Å². The maximum atomic E-state index is 13.4. The molecule has 1 aromatic heterocycles. The smallest absolute Gasteiger partial charge is 0.321 e. The molecule has 5 aliphatic rings. The zero-order chi connectivity index (χ0) is 24.2. The Morgan fingerprint density at radius 1 is 1.06 bits per heavy atom. The van der Waals surface area contributed by atoms with E-state index in [9.17, 15) is 14.4 Å². The molecule has 0 saturated heterocycles. The Hall–Kier alpha value is -2.35. The van der Waals surface area contributed by atoms with E-state index >= 15 is 0 Å². The molecule has 4 bridgehead atoms. The van der Waals surface area contributed by atoms with E-state index in [0.717, 1.165) is 62.7 Å². The van der Waals surface area contributed by atoms with Crippen LogP contribution in [0.1, 0.15) is 77.2 Å². The summed E-state index contributed by atoms with van der Waals surface area (Å²) < 4.78 is 1.79. The van der Waals surface area contributed by atoms with Crippen LogP contribution in [0.5, 0.6) is 0 Å². The van der Waals surface area contributed by atoms with Crippen molar-refractivity contribution in [2.45, 2.75) is 93.1 Å². The molecule has 5 fully saturated rings. The first-order valence-corrected chi connectivity index (χ1v) is 14.1. The quantitative estimate of drug-likeness (QED) is 0.461. The van der Waals surface area contributed by atoms with Gasteiger partial charge in [-0.25, -0.2) is 9.78 Å². The van der Waals surface area contributed by atoms with Crippen LogP contribution in [0, 0.1) is 17.8 Å². The number of nitrogens with zero attached hydrogens (tertiary/aromatic N) is 2. The number of fused-ring (bicyclic) bond motifs is 1. The van der Waals surface area contributed by atoms with Gasteiger partial charge in [-0.15, -0.1) is 0 Å². The van der Waals surface area contributed by atoms with E-state index < -0.39 is 5.25 Å². The number of carbonyl (C=O) groups is 2. The normalized spacial score (nSPS) is 30.5. The minimum Gasteiger partial charge on any atom is -0.332 e. The van der Waals surface area contributed by atoms with Crippen LogP contribution in [0.2, 0.25) is 0 Å². The number of urea groups is 1. The van der Waals surface area contributed by atoms with Crippen LogP contribution in [0.15, 0.2) is 34.2 Å². The van der Waals surface area contributed by atoms with Gasteiger partial charge < -0.3 is 5.32 Å². The minimum atomic E-state index is -0.558. The summed E-state index contributed by atoms with van der Waals surface area (Å²) in [4.78, 5) is 44.0. The van der Waals surface area contributed by atoms with E-state index in [1.807, 2.05) is 24.3 Å². The largest absolute Gasteiger partial charge is 0.332 e.